The van der Waals surface area contributed by atoms with Gasteiger partial charge in [0.25, 0.3) is 0 Å². The van der Waals surface area contributed by atoms with Gasteiger partial charge in [0.15, 0.2) is 5.82 Å². The Morgan fingerprint density at radius 2 is 2.05 bits per heavy atom. The fourth-order valence-corrected chi connectivity index (χ4v) is 1.63. The van der Waals surface area contributed by atoms with Gasteiger partial charge < -0.3 is 15.5 Å². The zero-order valence-electron chi connectivity index (χ0n) is 9.95. The topological polar surface area (TPSA) is 89.7 Å². The molecule has 0 bridgehead atoms. The number of nitrogens with one attached hydrogen (secondary N) is 1. The summed E-state index contributed by atoms with van der Waals surface area (Å²) in [4.78, 5) is 15.3. The Labute approximate surface area is 109 Å². The summed E-state index contributed by atoms with van der Waals surface area (Å²) in [6.45, 7) is 0. The fraction of sp³-hybridized carbons (Fsp3) is 0. The number of nitrogens with zero attached hydrogens (tertiary/aromatic N) is 3. The van der Waals surface area contributed by atoms with Gasteiger partial charge in [0.05, 0.1) is 0 Å². The van der Waals surface area contributed by atoms with E-state index in [1.54, 1.807) is 30.6 Å². The number of anilines is 1. The molecule has 0 aliphatic rings. The van der Waals surface area contributed by atoms with Crippen LogP contribution < -0.4 is 10.5 Å². The number of hydrogen-bond acceptors (Lipinski definition) is 5. The molecule has 0 fully saturated rings. The Bertz CT molecular complexity index is 681. The number of ether oxygens (including phenoxy) is 1. The van der Waals surface area contributed by atoms with Crippen LogP contribution >= 0.6 is 0 Å². The van der Waals surface area contributed by atoms with Crippen LogP contribution in [-0.2, 0) is 0 Å². The lowest BCUT2D eigenvalue weighted by Gasteiger charge is -2.05. The van der Waals surface area contributed by atoms with Gasteiger partial charge in [0.1, 0.15) is 17.8 Å². The molecule has 0 unspecified atom stereocenters. The second-order valence-electron chi connectivity index (χ2n) is 3.85. The van der Waals surface area contributed by atoms with Gasteiger partial charge in [0.2, 0.25) is 5.88 Å². The Balaban J connectivity index is 1.88. The van der Waals surface area contributed by atoms with E-state index in [1.165, 1.54) is 6.33 Å². The lowest BCUT2D eigenvalue weighted by Crippen LogP contribution is -1.93. The van der Waals surface area contributed by atoms with Crippen LogP contribution in [0, 0.1) is 0 Å². The maximum absolute atomic E-state index is 5.69. The minimum Gasteiger partial charge on any atom is -0.439 e. The molecular formula is C13H11N5O. The maximum atomic E-state index is 5.69. The average molecular weight is 253 g/mol. The molecule has 1 aromatic carbocycles. The molecule has 19 heavy (non-hydrogen) atoms. The first kappa shape index (κ1) is 11.2. The number of aromatic nitrogens is 4. The van der Waals surface area contributed by atoms with Gasteiger partial charge in [-0.3, -0.25) is 0 Å². The van der Waals surface area contributed by atoms with Crippen molar-refractivity contribution in [1.29, 1.82) is 0 Å². The minimum absolute atomic E-state index is 0.437. The van der Waals surface area contributed by atoms with Crippen LogP contribution in [0.25, 0.3) is 11.5 Å². The van der Waals surface area contributed by atoms with Crippen molar-refractivity contribution in [3.8, 4) is 23.1 Å². The summed E-state index contributed by atoms with van der Waals surface area (Å²) in [5.41, 5.74) is 6.99. The monoisotopic (exact) mass is 253 g/mol. The molecule has 0 atom stereocenters. The highest BCUT2D eigenvalue weighted by atomic mass is 16.5. The molecule has 3 rings (SSSR count). The third-order valence-corrected chi connectivity index (χ3v) is 2.46. The zero-order chi connectivity index (χ0) is 13.1. The SMILES string of the molecule is Nc1cccc(Oc2cc(-c3ncc[nH]3)ncn2)c1. The van der Waals surface area contributed by atoms with Crippen LogP contribution in [0.2, 0.25) is 0 Å². The van der Waals surface area contributed by atoms with Crippen molar-refractivity contribution in [3.05, 3.63) is 49.1 Å². The van der Waals surface area contributed by atoms with Crippen molar-refractivity contribution in [2.45, 2.75) is 0 Å². The fourth-order valence-electron chi connectivity index (χ4n) is 1.63. The third kappa shape index (κ3) is 2.52. The Hall–Kier alpha value is -2.89. The first-order valence-electron chi connectivity index (χ1n) is 5.66. The Morgan fingerprint density at radius 3 is 2.84 bits per heavy atom. The van der Waals surface area contributed by atoms with Crippen LogP contribution in [-0.4, -0.2) is 19.9 Å². The van der Waals surface area contributed by atoms with E-state index >= 15 is 0 Å². The molecule has 0 amide bonds. The highest BCUT2D eigenvalue weighted by molar-refractivity contribution is 5.50. The molecule has 0 spiro atoms. The molecule has 3 aromatic rings. The lowest BCUT2D eigenvalue weighted by atomic mass is 10.3. The molecule has 0 saturated heterocycles. The van der Waals surface area contributed by atoms with Crippen LogP contribution in [0.4, 0.5) is 5.69 Å². The van der Waals surface area contributed by atoms with Gasteiger partial charge in [-0.15, -0.1) is 0 Å². The molecule has 0 radical (unpaired) electrons. The number of aromatic amines is 1. The van der Waals surface area contributed by atoms with E-state index in [9.17, 15) is 0 Å². The van der Waals surface area contributed by atoms with E-state index in [0.29, 0.717) is 28.8 Å². The summed E-state index contributed by atoms with van der Waals surface area (Å²) in [5, 5.41) is 0. The van der Waals surface area contributed by atoms with E-state index in [4.69, 9.17) is 10.5 Å². The predicted octanol–water partition coefficient (Wildman–Crippen LogP) is 2.24. The molecule has 6 nitrogen and oxygen atoms in total. The minimum atomic E-state index is 0.437. The Kier molecular flexibility index (Phi) is 2.82. The molecule has 6 heteroatoms. The van der Waals surface area contributed by atoms with Crippen molar-refractivity contribution < 1.29 is 4.74 Å². The molecular weight excluding hydrogens is 242 g/mol. The first-order valence-corrected chi connectivity index (χ1v) is 5.66. The number of nitrogens with two attached hydrogens (primary N) is 1. The van der Waals surface area contributed by atoms with Crippen molar-refractivity contribution >= 4 is 5.69 Å². The molecule has 94 valence electrons. The lowest BCUT2D eigenvalue weighted by molar-refractivity contribution is 0.462. The van der Waals surface area contributed by atoms with Crippen LogP contribution in [0.1, 0.15) is 0 Å². The van der Waals surface area contributed by atoms with E-state index in [1.807, 2.05) is 12.1 Å². The van der Waals surface area contributed by atoms with Crippen LogP contribution in [0.3, 0.4) is 0 Å². The molecule has 0 aliphatic heterocycles. The molecule has 2 aromatic heterocycles. The summed E-state index contributed by atoms with van der Waals surface area (Å²) in [6, 6.07) is 8.86. The number of benzene rings is 1. The van der Waals surface area contributed by atoms with Crippen molar-refractivity contribution in [3.63, 3.8) is 0 Å². The maximum Gasteiger partial charge on any atom is 0.222 e. The summed E-state index contributed by atoms with van der Waals surface area (Å²) in [6.07, 6.45) is 4.82. The summed E-state index contributed by atoms with van der Waals surface area (Å²) >= 11 is 0. The first-order chi connectivity index (χ1) is 9.31. The number of nitrogen functional groups attached to an aromatic ring is 1. The van der Waals surface area contributed by atoms with E-state index in [-0.39, 0.29) is 0 Å². The van der Waals surface area contributed by atoms with Crippen LogP contribution in [0.5, 0.6) is 11.6 Å². The smallest absolute Gasteiger partial charge is 0.222 e. The zero-order valence-corrected chi connectivity index (χ0v) is 9.95. The van der Waals surface area contributed by atoms with Gasteiger partial charge in [-0.05, 0) is 12.1 Å². The second-order valence-corrected chi connectivity index (χ2v) is 3.85. The number of H-pyrrole nitrogens is 1. The Morgan fingerprint density at radius 1 is 1.11 bits per heavy atom. The summed E-state index contributed by atoms with van der Waals surface area (Å²) < 4.78 is 5.63. The largest absolute Gasteiger partial charge is 0.439 e. The third-order valence-electron chi connectivity index (χ3n) is 2.46. The van der Waals surface area contributed by atoms with Gasteiger partial charge in [0, 0.05) is 30.2 Å². The van der Waals surface area contributed by atoms with Crippen LogP contribution in [0.15, 0.2) is 49.1 Å². The molecule has 0 aliphatic carbocycles. The number of imidazole rings is 1. The van der Waals surface area contributed by atoms with E-state index in [2.05, 4.69) is 19.9 Å². The van der Waals surface area contributed by atoms with Gasteiger partial charge >= 0.3 is 0 Å². The van der Waals surface area contributed by atoms with Gasteiger partial charge in [-0.2, -0.15) is 0 Å². The standard InChI is InChI=1S/C13H11N5O/c14-9-2-1-3-10(6-9)19-12-7-11(17-8-18-12)13-15-4-5-16-13/h1-8H,14H2,(H,15,16). The number of rotatable bonds is 3. The van der Waals surface area contributed by atoms with Gasteiger partial charge in [-0.1, -0.05) is 6.07 Å². The highest BCUT2D eigenvalue weighted by Crippen LogP contribution is 2.23. The highest BCUT2D eigenvalue weighted by Gasteiger charge is 2.05. The van der Waals surface area contributed by atoms with Crippen molar-refractivity contribution in [2.75, 3.05) is 5.73 Å². The summed E-state index contributed by atoms with van der Waals surface area (Å²) in [5.74, 6) is 1.73. The summed E-state index contributed by atoms with van der Waals surface area (Å²) in [7, 11) is 0. The normalized spacial score (nSPS) is 10.3. The molecule has 3 N–H and O–H groups in total. The second kappa shape index (κ2) is 4.77. The predicted molar refractivity (Wildman–Crippen MR) is 70.5 cm³/mol. The van der Waals surface area contributed by atoms with Crippen molar-refractivity contribution in [1.82, 2.24) is 19.9 Å². The van der Waals surface area contributed by atoms with E-state index < -0.39 is 0 Å². The average Bonchev–Trinajstić information content (AvgIpc) is 2.93. The quantitative estimate of drug-likeness (QED) is 0.698. The van der Waals surface area contributed by atoms with Crippen molar-refractivity contribution in [2.24, 2.45) is 0 Å². The van der Waals surface area contributed by atoms with E-state index in [0.717, 1.165) is 0 Å². The molecule has 0 saturated carbocycles. The van der Waals surface area contributed by atoms with Gasteiger partial charge in [-0.25, -0.2) is 15.0 Å². The molecule has 2 heterocycles. The number of hydrogen-bond donors (Lipinski definition) is 2.